The largest absolute Gasteiger partial charge is 0.484 e. The van der Waals surface area contributed by atoms with Crippen LogP contribution < -0.4 is 0 Å². The number of hydrogen-bond acceptors (Lipinski definition) is 3. The summed E-state index contributed by atoms with van der Waals surface area (Å²) in [6.45, 7) is 3.81. The Morgan fingerprint density at radius 3 is 2.92 bits per heavy atom. The van der Waals surface area contributed by atoms with Gasteiger partial charge in [-0.05, 0) is 26.7 Å². The van der Waals surface area contributed by atoms with Crippen LogP contribution in [0.1, 0.15) is 26.7 Å². The zero-order valence-electron chi connectivity index (χ0n) is 7.91. The summed E-state index contributed by atoms with van der Waals surface area (Å²) in [6.07, 6.45) is 5.39. The normalized spacial score (nSPS) is 29.8. The second kappa shape index (κ2) is 2.69. The van der Waals surface area contributed by atoms with Crippen molar-refractivity contribution in [3.05, 3.63) is 11.8 Å². The summed E-state index contributed by atoms with van der Waals surface area (Å²) in [5, 5.41) is 0. The molecule has 2 aliphatic rings. The molecule has 1 atom stereocenters. The van der Waals surface area contributed by atoms with Gasteiger partial charge in [0.15, 0.2) is 5.76 Å². The van der Waals surface area contributed by atoms with Gasteiger partial charge in [-0.1, -0.05) is 0 Å². The lowest BCUT2D eigenvalue weighted by atomic mass is 10.1. The number of ether oxygens (including phenoxy) is 1. The molecule has 0 aromatic carbocycles. The van der Waals surface area contributed by atoms with Gasteiger partial charge in [0.25, 0.3) is 0 Å². The number of Topliss-reactive ketones (excluding diaryl/α,β-unsaturated/α-hetero) is 1. The Labute approximate surface area is 77.5 Å². The Morgan fingerprint density at radius 1 is 1.62 bits per heavy atom. The van der Waals surface area contributed by atoms with Crippen molar-refractivity contribution in [3.63, 3.8) is 0 Å². The van der Waals surface area contributed by atoms with Gasteiger partial charge in [0.1, 0.15) is 11.6 Å². The molecule has 0 spiro atoms. The van der Waals surface area contributed by atoms with Gasteiger partial charge in [-0.2, -0.15) is 0 Å². The minimum Gasteiger partial charge on any atom is -0.484 e. The maximum atomic E-state index is 11.5. The zero-order chi connectivity index (χ0) is 9.47. The quantitative estimate of drug-likeness (QED) is 0.644. The Balaban J connectivity index is 2.09. The van der Waals surface area contributed by atoms with Crippen molar-refractivity contribution >= 4 is 12.0 Å². The molecule has 70 valence electrons. The molecule has 1 unspecified atom stereocenters. The molecule has 1 aliphatic heterocycles. The third-order valence-corrected chi connectivity index (χ3v) is 2.47. The first kappa shape index (κ1) is 8.48. The lowest BCUT2D eigenvalue weighted by Gasteiger charge is -2.18. The Hall–Kier alpha value is -1.12. The molecule has 0 amide bonds. The SMILES string of the molecule is CC1N=CC=C(OC2(C)CC2)C1=O. The predicted molar refractivity (Wildman–Crippen MR) is 49.8 cm³/mol. The first-order chi connectivity index (χ1) is 6.11. The zero-order valence-corrected chi connectivity index (χ0v) is 7.91. The van der Waals surface area contributed by atoms with Gasteiger partial charge in [-0.3, -0.25) is 9.79 Å². The van der Waals surface area contributed by atoms with E-state index in [2.05, 4.69) is 4.99 Å². The van der Waals surface area contributed by atoms with Crippen LogP contribution in [0.25, 0.3) is 0 Å². The van der Waals surface area contributed by atoms with Crippen LogP contribution in [-0.2, 0) is 9.53 Å². The molecule has 1 fully saturated rings. The van der Waals surface area contributed by atoms with Crippen LogP contribution in [0.15, 0.2) is 16.8 Å². The number of hydrogen-bond donors (Lipinski definition) is 0. The highest BCUT2D eigenvalue weighted by molar-refractivity contribution is 6.03. The van der Waals surface area contributed by atoms with Crippen LogP contribution in [0, 0.1) is 0 Å². The van der Waals surface area contributed by atoms with E-state index in [4.69, 9.17) is 4.74 Å². The minimum atomic E-state index is -0.276. The first-order valence-electron chi connectivity index (χ1n) is 4.57. The monoisotopic (exact) mass is 179 g/mol. The molecule has 0 aromatic heterocycles. The molecule has 0 saturated heterocycles. The van der Waals surface area contributed by atoms with E-state index >= 15 is 0 Å². The van der Waals surface area contributed by atoms with Crippen LogP contribution in [0.5, 0.6) is 0 Å². The molecule has 0 aromatic rings. The average Bonchev–Trinajstić information content (AvgIpc) is 2.78. The van der Waals surface area contributed by atoms with Crippen LogP contribution in [0.3, 0.4) is 0 Å². The summed E-state index contributed by atoms with van der Waals surface area (Å²) >= 11 is 0. The fourth-order valence-corrected chi connectivity index (χ4v) is 1.22. The summed E-state index contributed by atoms with van der Waals surface area (Å²) in [6, 6.07) is -0.276. The van der Waals surface area contributed by atoms with Crippen molar-refractivity contribution in [1.82, 2.24) is 0 Å². The third-order valence-electron chi connectivity index (χ3n) is 2.47. The van der Waals surface area contributed by atoms with E-state index in [0.717, 1.165) is 12.8 Å². The molecule has 1 saturated carbocycles. The number of aliphatic imine (C=N–C) groups is 1. The van der Waals surface area contributed by atoms with E-state index in [-0.39, 0.29) is 17.4 Å². The van der Waals surface area contributed by atoms with Crippen LogP contribution in [0.4, 0.5) is 0 Å². The van der Waals surface area contributed by atoms with Gasteiger partial charge in [0.05, 0.1) is 0 Å². The van der Waals surface area contributed by atoms with Crippen molar-refractivity contribution < 1.29 is 9.53 Å². The van der Waals surface area contributed by atoms with Crippen LogP contribution in [-0.4, -0.2) is 23.6 Å². The molecule has 0 radical (unpaired) electrons. The lowest BCUT2D eigenvalue weighted by Crippen LogP contribution is -2.24. The third kappa shape index (κ3) is 1.64. The molecule has 3 nitrogen and oxygen atoms in total. The molecule has 13 heavy (non-hydrogen) atoms. The molecule has 1 heterocycles. The van der Waals surface area contributed by atoms with Gasteiger partial charge in [0.2, 0.25) is 5.78 Å². The van der Waals surface area contributed by atoms with Gasteiger partial charge in [-0.15, -0.1) is 0 Å². The second-order valence-electron chi connectivity index (χ2n) is 3.92. The molecule has 2 rings (SSSR count). The number of allylic oxidation sites excluding steroid dienone is 1. The molecule has 1 aliphatic carbocycles. The number of rotatable bonds is 2. The first-order valence-corrected chi connectivity index (χ1v) is 4.57. The van der Waals surface area contributed by atoms with Gasteiger partial charge >= 0.3 is 0 Å². The Kier molecular flexibility index (Phi) is 1.75. The van der Waals surface area contributed by atoms with Crippen LogP contribution >= 0.6 is 0 Å². The van der Waals surface area contributed by atoms with Gasteiger partial charge < -0.3 is 4.74 Å². The Bertz CT molecular complexity index is 300. The highest BCUT2D eigenvalue weighted by atomic mass is 16.5. The maximum Gasteiger partial charge on any atom is 0.221 e. The van der Waals surface area contributed by atoms with Gasteiger partial charge in [-0.25, -0.2) is 0 Å². The smallest absolute Gasteiger partial charge is 0.221 e. The predicted octanol–water partition coefficient (Wildman–Crippen LogP) is 1.48. The minimum absolute atomic E-state index is 0.00405. The number of carbonyl (C=O) groups is 1. The summed E-state index contributed by atoms with van der Waals surface area (Å²) in [4.78, 5) is 15.5. The topological polar surface area (TPSA) is 38.7 Å². The standard InChI is InChI=1S/C10H13NO2/c1-7-9(12)8(3-6-11-7)13-10(2)4-5-10/h3,6-7H,4-5H2,1-2H3. The highest BCUT2D eigenvalue weighted by Gasteiger charge is 2.42. The van der Waals surface area contributed by atoms with Crippen molar-refractivity contribution in [2.75, 3.05) is 0 Å². The average molecular weight is 179 g/mol. The summed E-state index contributed by atoms with van der Waals surface area (Å²) in [7, 11) is 0. The number of nitrogens with zero attached hydrogens (tertiary/aromatic N) is 1. The van der Waals surface area contributed by atoms with Crippen molar-refractivity contribution in [3.8, 4) is 0 Å². The van der Waals surface area contributed by atoms with Gasteiger partial charge in [0, 0.05) is 12.3 Å². The Morgan fingerprint density at radius 2 is 2.31 bits per heavy atom. The van der Waals surface area contributed by atoms with E-state index < -0.39 is 0 Å². The molecule has 0 bridgehead atoms. The summed E-state index contributed by atoms with van der Waals surface area (Å²) in [5.74, 6) is 0.470. The van der Waals surface area contributed by atoms with E-state index in [0.29, 0.717) is 5.76 Å². The molecule has 0 N–H and O–H groups in total. The fourth-order valence-electron chi connectivity index (χ4n) is 1.22. The molecule has 3 heteroatoms. The fraction of sp³-hybridized carbons (Fsp3) is 0.600. The van der Waals surface area contributed by atoms with E-state index in [1.54, 1.807) is 19.2 Å². The number of ketones is 1. The molecular weight excluding hydrogens is 166 g/mol. The van der Waals surface area contributed by atoms with E-state index in [1.165, 1.54) is 0 Å². The highest BCUT2D eigenvalue weighted by Crippen LogP contribution is 2.40. The number of dihydropyridines is 1. The lowest BCUT2D eigenvalue weighted by molar-refractivity contribution is -0.121. The van der Waals surface area contributed by atoms with E-state index in [9.17, 15) is 4.79 Å². The summed E-state index contributed by atoms with van der Waals surface area (Å²) < 4.78 is 5.59. The summed E-state index contributed by atoms with van der Waals surface area (Å²) in [5.41, 5.74) is -0.0770. The van der Waals surface area contributed by atoms with E-state index in [1.807, 2.05) is 6.92 Å². The van der Waals surface area contributed by atoms with Crippen molar-refractivity contribution in [2.24, 2.45) is 4.99 Å². The number of carbonyl (C=O) groups excluding carboxylic acids is 1. The van der Waals surface area contributed by atoms with Crippen molar-refractivity contribution in [2.45, 2.75) is 38.3 Å². The second-order valence-corrected chi connectivity index (χ2v) is 3.92. The van der Waals surface area contributed by atoms with Crippen molar-refractivity contribution in [1.29, 1.82) is 0 Å². The maximum absolute atomic E-state index is 11.5. The van der Waals surface area contributed by atoms with Crippen LogP contribution in [0.2, 0.25) is 0 Å². The molecular formula is C10H13NO2.